The van der Waals surface area contributed by atoms with Crippen molar-refractivity contribution in [2.75, 3.05) is 22.7 Å². The molecule has 186 valence electrons. The number of amides is 1. The fourth-order valence-corrected chi connectivity index (χ4v) is 6.08. The number of anilines is 2. The van der Waals surface area contributed by atoms with Crippen LogP contribution in [0.3, 0.4) is 0 Å². The van der Waals surface area contributed by atoms with Crippen LogP contribution in [0, 0.1) is 17.5 Å². The van der Waals surface area contributed by atoms with Crippen molar-refractivity contribution in [1.29, 1.82) is 0 Å². The van der Waals surface area contributed by atoms with E-state index in [0.717, 1.165) is 37.1 Å². The van der Waals surface area contributed by atoms with Gasteiger partial charge in [-0.25, -0.2) is 26.4 Å². The molecule has 1 aliphatic heterocycles. The summed E-state index contributed by atoms with van der Waals surface area (Å²) in [6.45, 7) is 2.20. The molecular formula is C21H18BrF3N4O4S2. The van der Waals surface area contributed by atoms with Crippen molar-refractivity contribution >= 4 is 55.1 Å². The number of halogens is 4. The number of nitrogens with one attached hydrogen (secondary N) is 1. The number of hydrogen-bond acceptors (Lipinski definition) is 7. The molecule has 0 radical (unpaired) electrons. The van der Waals surface area contributed by atoms with Gasteiger partial charge in [-0.2, -0.15) is 4.37 Å². The Bertz CT molecular complexity index is 1370. The lowest BCUT2D eigenvalue weighted by Crippen LogP contribution is -2.37. The van der Waals surface area contributed by atoms with Crippen LogP contribution >= 0.6 is 27.5 Å². The van der Waals surface area contributed by atoms with Gasteiger partial charge in [-0.1, -0.05) is 12.1 Å². The zero-order valence-electron chi connectivity index (χ0n) is 17.8. The molecule has 3 aromatic rings. The Hall–Kier alpha value is -2.68. The fourth-order valence-electron chi connectivity index (χ4n) is 3.58. The summed E-state index contributed by atoms with van der Waals surface area (Å²) < 4.78 is 73.5. The third kappa shape index (κ3) is 5.01. The highest BCUT2D eigenvalue weighted by Crippen LogP contribution is 2.36. The summed E-state index contributed by atoms with van der Waals surface area (Å²) in [5.41, 5.74) is 0.853. The molecule has 0 unspecified atom stereocenters. The lowest BCUT2D eigenvalue weighted by Gasteiger charge is -2.31. The van der Waals surface area contributed by atoms with Crippen molar-refractivity contribution in [3.05, 3.63) is 68.8 Å². The Morgan fingerprint density at radius 3 is 2.57 bits per heavy atom. The van der Waals surface area contributed by atoms with Crippen LogP contribution in [0.5, 0.6) is 0 Å². The largest absolute Gasteiger partial charge is 0.464 e. The van der Waals surface area contributed by atoms with E-state index in [1.807, 2.05) is 0 Å². The summed E-state index contributed by atoms with van der Waals surface area (Å²) in [4.78, 5) is 12.3. The number of sulfonamides is 1. The Morgan fingerprint density at radius 1 is 1.23 bits per heavy atom. The van der Waals surface area contributed by atoms with Gasteiger partial charge in [0, 0.05) is 24.0 Å². The normalized spacial score (nSPS) is 13.9. The van der Waals surface area contributed by atoms with Crippen LogP contribution in [-0.4, -0.2) is 42.0 Å². The van der Waals surface area contributed by atoms with Crippen molar-refractivity contribution in [2.45, 2.75) is 24.4 Å². The maximum absolute atomic E-state index is 15.2. The van der Waals surface area contributed by atoms with E-state index < -0.39 is 48.8 Å². The summed E-state index contributed by atoms with van der Waals surface area (Å²) in [6, 6.07) is 6.42. The van der Waals surface area contributed by atoms with Gasteiger partial charge in [0.2, 0.25) is 0 Å². The lowest BCUT2D eigenvalue weighted by atomic mass is 10.0. The maximum Gasteiger partial charge on any atom is 0.427 e. The predicted octanol–water partition coefficient (Wildman–Crippen LogP) is 5.01. The third-order valence-corrected chi connectivity index (χ3v) is 8.47. The molecule has 2 heterocycles. The van der Waals surface area contributed by atoms with Gasteiger partial charge >= 0.3 is 6.09 Å². The monoisotopic (exact) mass is 590 g/mol. The first-order chi connectivity index (χ1) is 16.6. The van der Waals surface area contributed by atoms with Crippen LogP contribution in [0.25, 0.3) is 0 Å². The van der Waals surface area contributed by atoms with E-state index in [2.05, 4.69) is 30.5 Å². The van der Waals surface area contributed by atoms with Crippen LogP contribution in [0.2, 0.25) is 0 Å². The second-order valence-corrected chi connectivity index (χ2v) is 10.8. The molecule has 0 aliphatic carbocycles. The molecule has 0 spiro atoms. The van der Waals surface area contributed by atoms with E-state index in [1.165, 1.54) is 11.4 Å². The van der Waals surface area contributed by atoms with Crippen molar-refractivity contribution in [1.82, 2.24) is 9.27 Å². The lowest BCUT2D eigenvalue weighted by molar-refractivity contribution is 0.172. The minimum atomic E-state index is -5.21. The second kappa shape index (κ2) is 10.1. The van der Waals surface area contributed by atoms with E-state index in [0.29, 0.717) is 23.7 Å². The summed E-state index contributed by atoms with van der Waals surface area (Å²) in [6.07, 6.45) is -0.923. The molecule has 2 N–H and O–H groups in total. The molecular weight excluding hydrogens is 573 g/mol. The number of likely N-dealkylation sites (tertiary alicyclic amines) is 1. The summed E-state index contributed by atoms with van der Waals surface area (Å²) in [7, 11) is -5.21. The number of hydrogen-bond donors (Lipinski definition) is 2. The number of carbonyl (C=O) groups is 1. The van der Waals surface area contributed by atoms with Gasteiger partial charge in [-0.05, 0) is 70.7 Å². The van der Waals surface area contributed by atoms with Gasteiger partial charge in [0.15, 0.2) is 16.5 Å². The molecule has 1 amide bonds. The minimum absolute atomic E-state index is 0.125. The van der Waals surface area contributed by atoms with Crippen LogP contribution in [0.4, 0.5) is 29.5 Å². The Balaban J connectivity index is 1.65. The number of benzene rings is 2. The average molecular weight is 591 g/mol. The number of rotatable bonds is 8. The zero-order valence-corrected chi connectivity index (χ0v) is 21.1. The summed E-state index contributed by atoms with van der Waals surface area (Å²) in [5.74, 6) is -4.08. The molecule has 1 fully saturated rings. The van der Waals surface area contributed by atoms with E-state index in [4.69, 9.17) is 0 Å². The quantitative estimate of drug-likeness (QED) is 0.355. The van der Waals surface area contributed by atoms with Gasteiger partial charge < -0.3 is 10.4 Å². The topological polar surface area (TPSA) is 103 Å². The molecule has 35 heavy (non-hydrogen) atoms. The van der Waals surface area contributed by atoms with Crippen LogP contribution in [0.15, 0.2) is 45.1 Å². The van der Waals surface area contributed by atoms with Gasteiger partial charge in [-0.15, -0.1) is 4.31 Å². The van der Waals surface area contributed by atoms with Gasteiger partial charge in [0.1, 0.15) is 11.6 Å². The van der Waals surface area contributed by atoms with E-state index >= 15 is 4.39 Å². The van der Waals surface area contributed by atoms with Gasteiger partial charge in [0.25, 0.3) is 10.0 Å². The standard InChI is InChI=1S/C21H18BrF3N4O4S2/c22-18-16(26-10-13-12(3-1-4-14(13)23)11-28-6-2-7-28)9-15(24)20(19(18)25)35(32,33)29(21(30)31)17-5-8-34-27-17/h1,3-5,8-9,26H,2,6-7,10-11H2,(H,30,31). The smallest absolute Gasteiger partial charge is 0.427 e. The van der Waals surface area contributed by atoms with Crippen molar-refractivity contribution in [2.24, 2.45) is 0 Å². The van der Waals surface area contributed by atoms with Crippen LogP contribution in [0.1, 0.15) is 17.5 Å². The fraction of sp³-hybridized carbons (Fsp3) is 0.238. The summed E-state index contributed by atoms with van der Waals surface area (Å²) >= 11 is 3.68. The Morgan fingerprint density at radius 2 is 1.97 bits per heavy atom. The van der Waals surface area contributed by atoms with Crippen LogP contribution < -0.4 is 9.62 Å². The summed E-state index contributed by atoms with van der Waals surface area (Å²) in [5, 5.41) is 13.5. The first-order valence-corrected chi connectivity index (χ1v) is 13.3. The molecule has 1 aromatic heterocycles. The molecule has 0 saturated carbocycles. The average Bonchev–Trinajstić information content (AvgIpc) is 3.26. The van der Waals surface area contributed by atoms with Crippen LogP contribution in [-0.2, 0) is 23.1 Å². The molecule has 2 aromatic carbocycles. The number of carboxylic acid groups (broad SMARTS) is 1. The SMILES string of the molecule is O=C(O)N(c1ccsn1)S(=O)(=O)c1c(F)cc(NCc2c(F)cccc2CN2CCC2)c(Br)c1F. The highest BCUT2D eigenvalue weighted by atomic mass is 79.9. The molecule has 0 atom stereocenters. The molecule has 14 heteroatoms. The van der Waals surface area contributed by atoms with E-state index in [-0.39, 0.29) is 16.5 Å². The highest BCUT2D eigenvalue weighted by molar-refractivity contribution is 9.10. The minimum Gasteiger partial charge on any atom is -0.464 e. The third-order valence-electron chi connectivity index (χ3n) is 5.43. The predicted molar refractivity (Wildman–Crippen MR) is 127 cm³/mol. The van der Waals surface area contributed by atoms with Gasteiger partial charge in [-0.3, -0.25) is 4.90 Å². The molecule has 0 bridgehead atoms. The highest BCUT2D eigenvalue weighted by Gasteiger charge is 2.38. The first-order valence-electron chi connectivity index (χ1n) is 10.2. The number of nitrogens with zero attached hydrogens (tertiary/aromatic N) is 3. The Kier molecular flexibility index (Phi) is 7.35. The van der Waals surface area contributed by atoms with Gasteiger partial charge in [0.05, 0.1) is 10.2 Å². The van der Waals surface area contributed by atoms with E-state index in [9.17, 15) is 27.1 Å². The molecule has 4 rings (SSSR count). The maximum atomic E-state index is 15.2. The zero-order chi connectivity index (χ0) is 25.3. The molecule has 1 saturated heterocycles. The second-order valence-electron chi connectivity index (χ2n) is 7.63. The van der Waals surface area contributed by atoms with Crippen molar-refractivity contribution in [3.63, 3.8) is 0 Å². The Labute approximate surface area is 211 Å². The number of aromatic nitrogens is 1. The first kappa shape index (κ1) is 25.4. The van der Waals surface area contributed by atoms with Crippen molar-refractivity contribution < 1.29 is 31.5 Å². The van der Waals surface area contributed by atoms with E-state index in [1.54, 1.807) is 12.1 Å². The molecule has 8 nitrogen and oxygen atoms in total. The van der Waals surface area contributed by atoms with Crippen molar-refractivity contribution in [3.8, 4) is 0 Å². The molecule has 1 aliphatic rings.